The second-order valence-electron chi connectivity index (χ2n) is 5.21. The van der Waals surface area contributed by atoms with Crippen molar-refractivity contribution in [1.82, 2.24) is 5.32 Å². The van der Waals surface area contributed by atoms with Gasteiger partial charge in [-0.25, -0.2) is 8.42 Å². The number of rotatable bonds is 7. The minimum Gasteiger partial charge on any atom is -0.490 e. The van der Waals surface area contributed by atoms with Gasteiger partial charge < -0.3 is 15.0 Å². The first-order valence-corrected chi connectivity index (χ1v) is 9.32. The molecule has 6 heteroatoms. The quantitative estimate of drug-likeness (QED) is 0.822. The highest BCUT2D eigenvalue weighted by Gasteiger charge is 2.15. The fraction of sp³-hybridized carbons (Fsp3) is 0.600. The number of benzene rings is 1. The predicted molar refractivity (Wildman–Crippen MR) is 86.0 cm³/mol. The van der Waals surface area contributed by atoms with E-state index in [9.17, 15) is 8.42 Å². The maximum absolute atomic E-state index is 11.7. The number of hydrogen-bond donors (Lipinski definition) is 1. The van der Waals surface area contributed by atoms with Crippen molar-refractivity contribution in [3.8, 4) is 5.75 Å². The monoisotopic (exact) mass is 312 g/mol. The van der Waals surface area contributed by atoms with Crippen molar-refractivity contribution in [2.45, 2.75) is 13.3 Å². The third-order valence-corrected chi connectivity index (χ3v) is 5.31. The van der Waals surface area contributed by atoms with Crippen LogP contribution in [-0.2, 0) is 9.84 Å². The van der Waals surface area contributed by atoms with Gasteiger partial charge in [0.1, 0.15) is 12.4 Å². The lowest BCUT2D eigenvalue weighted by Gasteiger charge is -2.30. The largest absolute Gasteiger partial charge is 0.490 e. The highest BCUT2D eigenvalue weighted by molar-refractivity contribution is 7.91. The molecule has 0 radical (unpaired) electrons. The van der Waals surface area contributed by atoms with Crippen LogP contribution in [0.2, 0.25) is 0 Å². The van der Waals surface area contributed by atoms with Crippen molar-refractivity contribution in [2.75, 3.05) is 49.2 Å². The number of nitrogens with one attached hydrogen (secondary N) is 1. The van der Waals surface area contributed by atoms with Gasteiger partial charge in [-0.05, 0) is 18.6 Å². The van der Waals surface area contributed by atoms with Gasteiger partial charge in [-0.2, -0.15) is 0 Å². The molecule has 0 aromatic heterocycles. The molecule has 0 spiro atoms. The van der Waals surface area contributed by atoms with Crippen LogP contribution in [0.3, 0.4) is 0 Å². The molecule has 5 nitrogen and oxygen atoms in total. The number of nitrogens with zero attached hydrogens (tertiary/aromatic N) is 1. The number of piperazine rings is 1. The molecule has 2 rings (SSSR count). The summed E-state index contributed by atoms with van der Waals surface area (Å²) < 4.78 is 29.1. The molecule has 0 bridgehead atoms. The van der Waals surface area contributed by atoms with Crippen LogP contribution in [0.1, 0.15) is 13.3 Å². The normalized spacial score (nSPS) is 16.0. The fourth-order valence-corrected chi connectivity index (χ4v) is 3.60. The molecule has 0 saturated carbocycles. The Morgan fingerprint density at radius 3 is 2.62 bits per heavy atom. The highest BCUT2D eigenvalue weighted by atomic mass is 32.2. The molecular weight excluding hydrogens is 288 g/mol. The number of para-hydroxylation sites is 2. The van der Waals surface area contributed by atoms with E-state index in [4.69, 9.17) is 4.74 Å². The van der Waals surface area contributed by atoms with Crippen molar-refractivity contribution < 1.29 is 13.2 Å². The first kappa shape index (κ1) is 16.1. The van der Waals surface area contributed by atoms with Gasteiger partial charge in [-0.15, -0.1) is 0 Å². The summed E-state index contributed by atoms with van der Waals surface area (Å²) in [5.74, 6) is 1.08. The molecule has 1 N–H and O–H groups in total. The van der Waals surface area contributed by atoms with E-state index in [-0.39, 0.29) is 18.1 Å². The van der Waals surface area contributed by atoms with E-state index in [0.717, 1.165) is 37.6 Å². The van der Waals surface area contributed by atoms with E-state index in [1.807, 2.05) is 31.2 Å². The van der Waals surface area contributed by atoms with Crippen molar-refractivity contribution >= 4 is 15.5 Å². The van der Waals surface area contributed by atoms with Crippen LogP contribution >= 0.6 is 0 Å². The maximum atomic E-state index is 11.7. The van der Waals surface area contributed by atoms with Crippen molar-refractivity contribution in [3.05, 3.63) is 24.3 Å². The fourth-order valence-electron chi connectivity index (χ4n) is 2.44. The molecular formula is C15H24N2O3S. The summed E-state index contributed by atoms with van der Waals surface area (Å²) in [4.78, 5) is 2.27. The van der Waals surface area contributed by atoms with Gasteiger partial charge in [0, 0.05) is 26.2 Å². The lowest BCUT2D eigenvalue weighted by Crippen LogP contribution is -2.43. The van der Waals surface area contributed by atoms with E-state index >= 15 is 0 Å². The van der Waals surface area contributed by atoms with Gasteiger partial charge >= 0.3 is 0 Å². The third-order valence-electron chi connectivity index (χ3n) is 3.49. The Labute approximate surface area is 127 Å². The smallest absolute Gasteiger partial charge is 0.153 e. The van der Waals surface area contributed by atoms with Crippen LogP contribution < -0.4 is 15.0 Å². The first-order chi connectivity index (χ1) is 10.1. The second-order valence-corrected chi connectivity index (χ2v) is 7.51. The zero-order chi connectivity index (χ0) is 15.1. The molecule has 1 saturated heterocycles. The third kappa shape index (κ3) is 4.89. The Morgan fingerprint density at radius 2 is 1.90 bits per heavy atom. The Hall–Kier alpha value is -1.27. The molecule has 1 aromatic carbocycles. The van der Waals surface area contributed by atoms with E-state index in [0.29, 0.717) is 6.42 Å². The standard InChI is InChI=1S/C15H24N2O3S/c1-2-12-21(18,19)13-11-20-15-6-4-3-5-14(15)17-9-7-16-8-10-17/h3-6,16H,2,7-13H2,1H3. The maximum Gasteiger partial charge on any atom is 0.153 e. The Morgan fingerprint density at radius 1 is 1.19 bits per heavy atom. The minimum atomic E-state index is -2.99. The summed E-state index contributed by atoms with van der Waals surface area (Å²) in [7, 11) is -2.99. The average Bonchev–Trinajstić information content (AvgIpc) is 2.48. The first-order valence-electron chi connectivity index (χ1n) is 7.50. The lowest BCUT2D eigenvalue weighted by molar-refractivity contribution is 0.340. The van der Waals surface area contributed by atoms with Crippen molar-refractivity contribution in [3.63, 3.8) is 0 Å². The summed E-state index contributed by atoms with van der Waals surface area (Å²) in [5, 5.41) is 3.32. The molecule has 0 atom stereocenters. The minimum absolute atomic E-state index is 0.0801. The van der Waals surface area contributed by atoms with E-state index in [1.54, 1.807) is 0 Å². The summed E-state index contributed by atoms with van der Waals surface area (Å²) in [5.41, 5.74) is 1.05. The Kier molecular flexibility index (Phi) is 5.87. The Bertz CT molecular complexity index is 540. The summed E-state index contributed by atoms with van der Waals surface area (Å²) in [6, 6.07) is 7.84. The number of sulfone groups is 1. The van der Waals surface area contributed by atoms with E-state index in [2.05, 4.69) is 10.2 Å². The molecule has 1 aliphatic heterocycles. The van der Waals surface area contributed by atoms with Gasteiger partial charge in [-0.3, -0.25) is 0 Å². The Balaban J connectivity index is 1.97. The highest BCUT2D eigenvalue weighted by Crippen LogP contribution is 2.28. The van der Waals surface area contributed by atoms with Crippen molar-refractivity contribution in [2.24, 2.45) is 0 Å². The van der Waals surface area contributed by atoms with E-state index < -0.39 is 9.84 Å². The average molecular weight is 312 g/mol. The summed E-state index contributed by atoms with van der Waals surface area (Å²) in [6.45, 7) is 5.88. The van der Waals surface area contributed by atoms with Crippen LogP contribution in [0.4, 0.5) is 5.69 Å². The molecule has 118 valence electrons. The van der Waals surface area contributed by atoms with Crippen LogP contribution in [0.25, 0.3) is 0 Å². The molecule has 0 aliphatic carbocycles. The van der Waals surface area contributed by atoms with Gasteiger partial charge in [0.15, 0.2) is 9.84 Å². The van der Waals surface area contributed by atoms with Crippen LogP contribution in [0.15, 0.2) is 24.3 Å². The van der Waals surface area contributed by atoms with Gasteiger partial charge in [-0.1, -0.05) is 19.1 Å². The zero-order valence-corrected chi connectivity index (χ0v) is 13.4. The molecule has 1 aromatic rings. The zero-order valence-electron chi connectivity index (χ0n) is 12.5. The van der Waals surface area contributed by atoms with Crippen LogP contribution in [0.5, 0.6) is 5.75 Å². The van der Waals surface area contributed by atoms with Crippen molar-refractivity contribution in [1.29, 1.82) is 0 Å². The number of hydrogen-bond acceptors (Lipinski definition) is 5. The predicted octanol–water partition coefficient (Wildman–Crippen LogP) is 1.30. The second kappa shape index (κ2) is 7.66. The van der Waals surface area contributed by atoms with Gasteiger partial charge in [0.05, 0.1) is 17.2 Å². The van der Waals surface area contributed by atoms with Gasteiger partial charge in [0.25, 0.3) is 0 Å². The van der Waals surface area contributed by atoms with Gasteiger partial charge in [0.2, 0.25) is 0 Å². The molecule has 21 heavy (non-hydrogen) atoms. The molecule has 1 heterocycles. The van der Waals surface area contributed by atoms with Crippen LogP contribution in [-0.4, -0.2) is 52.7 Å². The molecule has 1 fully saturated rings. The molecule has 1 aliphatic rings. The molecule has 0 unspecified atom stereocenters. The topological polar surface area (TPSA) is 58.6 Å². The SMILES string of the molecule is CCCS(=O)(=O)CCOc1ccccc1N1CCNCC1. The van der Waals surface area contributed by atoms with E-state index in [1.165, 1.54) is 0 Å². The molecule has 0 amide bonds. The summed E-state index contributed by atoms with van der Waals surface area (Å²) >= 11 is 0. The number of anilines is 1. The van der Waals surface area contributed by atoms with Crippen LogP contribution in [0, 0.1) is 0 Å². The lowest BCUT2D eigenvalue weighted by atomic mass is 10.2. The summed E-state index contributed by atoms with van der Waals surface area (Å²) in [6.07, 6.45) is 0.652. The number of ether oxygens (including phenoxy) is 1.